The first-order chi connectivity index (χ1) is 17.0. The minimum absolute atomic E-state index is 0.0310. The largest absolute Gasteiger partial charge is 0.364 e. The fourth-order valence-corrected chi connectivity index (χ4v) is 5.84. The third kappa shape index (κ3) is 13.0. The number of hydrogen-bond acceptors (Lipinski definition) is 4. The van der Waals surface area contributed by atoms with Gasteiger partial charge in [0.1, 0.15) is 4.90 Å². The predicted molar refractivity (Wildman–Crippen MR) is 150 cm³/mol. The molecule has 1 unspecified atom stereocenters. The first kappa shape index (κ1) is 30.0. The Balaban J connectivity index is 1.33. The van der Waals surface area contributed by atoms with Crippen LogP contribution in [0, 0.1) is 0 Å². The van der Waals surface area contributed by atoms with Crippen LogP contribution in [-0.4, -0.2) is 19.1 Å². The van der Waals surface area contributed by atoms with Gasteiger partial charge in [-0.25, -0.2) is 0 Å². The molecule has 6 heteroatoms. The van der Waals surface area contributed by atoms with Gasteiger partial charge in [-0.2, -0.15) is 8.42 Å². The SMILES string of the molecule is CCCCCCCCCCCCCCCCCCCCCCC1Nc2cccc(S(=O)(=O)O)c2N1. The molecule has 1 atom stereocenters. The summed E-state index contributed by atoms with van der Waals surface area (Å²) in [6.45, 7) is 2.28. The van der Waals surface area contributed by atoms with Crippen molar-refractivity contribution in [2.45, 2.75) is 153 Å². The topological polar surface area (TPSA) is 78.4 Å². The van der Waals surface area contributed by atoms with Gasteiger partial charge in [-0.05, 0) is 25.0 Å². The summed E-state index contributed by atoms with van der Waals surface area (Å²) < 4.78 is 32.5. The summed E-state index contributed by atoms with van der Waals surface area (Å²) in [6.07, 6.45) is 28.5. The van der Waals surface area contributed by atoms with Crippen molar-refractivity contribution in [3.8, 4) is 0 Å². The maximum atomic E-state index is 11.5. The second kappa shape index (κ2) is 18.0. The molecule has 1 aromatic carbocycles. The van der Waals surface area contributed by atoms with Gasteiger partial charge in [-0.15, -0.1) is 0 Å². The van der Waals surface area contributed by atoms with Crippen LogP contribution < -0.4 is 10.6 Å². The number of fused-ring (bicyclic) bond motifs is 1. The minimum Gasteiger partial charge on any atom is -0.364 e. The van der Waals surface area contributed by atoms with E-state index in [0.717, 1.165) is 18.5 Å². The average molecular weight is 509 g/mol. The fourth-order valence-electron chi connectivity index (χ4n) is 5.16. The van der Waals surface area contributed by atoms with Gasteiger partial charge in [-0.3, -0.25) is 4.55 Å². The van der Waals surface area contributed by atoms with E-state index in [9.17, 15) is 13.0 Å². The molecule has 0 radical (unpaired) electrons. The summed E-state index contributed by atoms with van der Waals surface area (Å²) in [4.78, 5) is -0.0477. The Morgan fingerprint density at radius 1 is 0.657 bits per heavy atom. The number of benzene rings is 1. The Labute approximate surface area is 216 Å². The van der Waals surface area contributed by atoms with Crippen LogP contribution in [0.4, 0.5) is 11.4 Å². The summed E-state index contributed by atoms with van der Waals surface area (Å²) in [7, 11) is -4.21. The molecule has 3 N–H and O–H groups in total. The average Bonchev–Trinajstić information content (AvgIpc) is 3.25. The van der Waals surface area contributed by atoms with Crippen LogP contribution in [0.15, 0.2) is 23.1 Å². The molecule has 1 aromatic rings. The molecule has 1 aliphatic rings. The first-order valence-electron chi connectivity index (χ1n) is 14.7. The van der Waals surface area contributed by atoms with Crippen molar-refractivity contribution in [1.82, 2.24) is 0 Å². The predicted octanol–water partition coefficient (Wildman–Crippen LogP) is 9.31. The summed E-state index contributed by atoms with van der Waals surface area (Å²) in [5, 5.41) is 6.54. The zero-order chi connectivity index (χ0) is 25.2. The lowest BCUT2D eigenvalue weighted by Crippen LogP contribution is -2.22. The number of hydrogen-bond donors (Lipinski definition) is 3. The lowest BCUT2D eigenvalue weighted by Gasteiger charge is -2.12. The fraction of sp³-hybridized carbons (Fsp3) is 0.793. The number of para-hydroxylation sites is 1. The van der Waals surface area contributed by atoms with E-state index >= 15 is 0 Å². The zero-order valence-corrected chi connectivity index (χ0v) is 23.1. The van der Waals surface area contributed by atoms with Crippen molar-refractivity contribution in [3.05, 3.63) is 18.2 Å². The molecule has 202 valence electrons. The maximum Gasteiger partial charge on any atom is 0.296 e. The van der Waals surface area contributed by atoms with E-state index in [2.05, 4.69) is 17.6 Å². The van der Waals surface area contributed by atoms with Crippen LogP contribution >= 0.6 is 0 Å². The van der Waals surface area contributed by atoms with Gasteiger partial charge in [0.2, 0.25) is 0 Å². The van der Waals surface area contributed by atoms with Gasteiger partial charge < -0.3 is 10.6 Å². The number of unbranched alkanes of at least 4 members (excludes halogenated alkanes) is 19. The lowest BCUT2D eigenvalue weighted by molar-refractivity contribution is 0.483. The second-order valence-corrected chi connectivity index (χ2v) is 11.9. The molecule has 0 aromatic heterocycles. The molecular weight excluding hydrogens is 456 g/mol. The van der Waals surface area contributed by atoms with Crippen LogP contribution in [0.25, 0.3) is 0 Å². The van der Waals surface area contributed by atoms with Crippen molar-refractivity contribution in [1.29, 1.82) is 0 Å². The van der Waals surface area contributed by atoms with E-state index in [1.807, 2.05) is 6.07 Å². The first-order valence-corrected chi connectivity index (χ1v) is 16.1. The van der Waals surface area contributed by atoms with Gasteiger partial charge in [0.05, 0.1) is 17.5 Å². The Morgan fingerprint density at radius 2 is 1.09 bits per heavy atom. The quantitative estimate of drug-likeness (QED) is 0.107. The zero-order valence-electron chi connectivity index (χ0n) is 22.3. The van der Waals surface area contributed by atoms with Crippen molar-refractivity contribution in [2.24, 2.45) is 0 Å². The van der Waals surface area contributed by atoms with Crippen LogP contribution in [0.3, 0.4) is 0 Å². The monoisotopic (exact) mass is 508 g/mol. The third-order valence-electron chi connectivity index (χ3n) is 7.30. The second-order valence-electron chi connectivity index (χ2n) is 10.5. The highest BCUT2D eigenvalue weighted by Crippen LogP contribution is 2.36. The Morgan fingerprint density at radius 3 is 1.51 bits per heavy atom. The van der Waals surface area contributed by atoms with Gasteiger partial charge in [0.15, 0.2) is 0 Å². The molecule has 0 amide bonds. The minimum atomic E-state index is -4.21. The lowest BCUT2D eigenvalue weighted by atomic mass is 10.0. The van der Waals surface area contributed by atoms with Crippen LogP contribution in [-0.2, 0) is 10.1 Å². The van der Waals surface area contributed by atoms with Crippen molar-refractivity contribution >= 4 is 21.5 Å². The van der Waals surface area contributed by atoms with Crippen LogP contribution in [0.1, 0.15) is 142 Å². The molecule has 1 heterocycles. The smallest absolute Gasteiger partial charge is 0.296 e. The third-order valence-corrected chi connectivity index (χ3v) is 8.19. The van der Waals surface area contributed by atoms with Crippen molar-refractivity contribution in [3.63, 3.8) is 0 Å². The maximum absolute atomic E-state index is 11.5. The molecule has 0 saturated carbocycles. The molecule has 0 bridgehead atoms. The van der Waals surface area contributed by atoms with Crippen LogP contribution in [0.5, 0.6) is 0 Å². The molecule has 0 aliphatic carbocycles. The standard InChI is InChI=1S/C29H52N2O3S/c1-2-3-4-5-6-7-8-9-10-11-12-13-14-15-16-17-18-19-20-21-25-28-30-26-23-22-24-27(29(26)31-28)35(32,33)34/h22-24,28,30-31H,2-21,25H2,1H3,(H,32,33,34). The number of anilines is 2. The van der Waals surface area contributed by atoms with Gasteiger partial charge in [0, 0.05) is 0 Å². The summed E-state index contributed by atoms with van der Waals surface area (Å²) in [6, 6.07) is 4.93. The molecule has 0 fully saturated rings. The van der Waals surface area contributed by atoms with E-state index in [0.29, 0.717) is 5.69 Å². The van der Waals surface area contributed by atoms with Crippen molar-refractivity contribution in [2.75, 3.05) is 10.6 Å². The van der Waals surface area contributed by atoms with E-state index in [4.69, 9.17) is 0 Å². The summed E-state index contributed by atoms with van der Waals surface area (Å²) in [5.41, 5.74) is 1.24. The van der Waals surface area contributed by atoms with E-state index in [1.165, 1.54) is 128 Å². The Kier molecular flexibility index (Phi) is 15.4. The van der Waals surface area contributed by atoms with Crippen LogP contribution in [0.2, 0.25) is 0 Å². The van der Waals surface area contributed by atoms with Gasteiger partial charge in [0.25, 0.3) is 10.1 Å². The molecule has 1 aliphatic heterocycles. The summed E-state index contributed by atoms with van der Waals surface area (Å²) in [5.74, 6) is 0. The highest BCUT2D eigenvalue weighted by Gasteiger charge is 2.26. The number of rotatable bonds is 22. The van der Waals surface area contributed by atoms with Crippen molar-refractivity contribution < 1.29 is 13.0 Å². The normalized spacial score (nSPS) is 15.1. The molecule has 35 heavy (non-hydrogen) atoms. The highest BCUT2D eigenvalue weighted by atomic mass is 32.2. The molecule has 0 saturated heterocycles. The van der Waals surface area contributed by atoms with Gasteiger partial charge in [-0.1, -0.05) is 135 Å². The van der Waals surface area contributed by atoms with E-state index < -0.39 is 10.1 Å². The number of nitrogens with one attached hydrogen (secondary N) is 2. The molecular formula is C29H52N2O3S. The van der Waals surface area contributed by atoms with Gasteiger partial charge >= 0.3 is 0 Å². The Bertz CT molecular complexity index is 782. The van der Waals surface area contributed by atoms with E-state index in [-0.39, 0.29) is 11.1 Å². The van der Waals surface area contributed by atoms with E-state index in [1.54, 1.807) is 6.07 Å². The molecule has 2 rings (SSSR count). The highest BCUT2D eigenvalue weighted by molar-refractivity contribution is 7.86. The summed E-state index contributed by atoms with van der Waals surface area (Å²) >= 11 is 0. The Hall–Kier alpha value is -1.27. The molecule has 5 nitrogen and oxygen atoms in total. The molecule has 0 spiro atoms.